The van der Waals surface area contributed by atoms with Gasteiger partial charge in [0.1, 0.15) is 0 Å². The van der Waals surface area contributed by atoms with Gasteiger partial charge in [-0.2, -0.15) is 0 Å². The van der Waals surface area contributed by atoms with Crippen LogP contribution >= 0.6 is 0 Å². The highest BCUT2D eigenvalue weighted by Gasteiger charge is 2.58. The van der Waals surface area contributed by atoms with Crippen LogP contribution in [0.2, 0.25) is 0 Å². The highest BCUT2D eigenvalue weighted by atomic mass is 32.2. The fourth-order valence-electron chi connectivity index (χ4n) is 6.15. The molecule has 6 rings (SSSR count). The summed E-state index contributed by atoms with van der Waals surface area (Å²) in [6.45, 7) is 1.11. The number of nitrogens with zero attached hydrogens (tertiary/aromatic N) is 3. The van der Waals surface area contributed by atoms with Gasteiger partial charge in [-0.05, 0) is 43.1 Å². The molecule has 154 valence electrons. The van der Waals surface area contributed by atoms with E-state index in [-0.39, 0.29) is 22.6 Å². The van der Waals surface area contributed by atoms with Crippen LogP contribution in [0.25, 0.3) is 11.3 Å². The van der Waals surface area contributed by atoms with Crippen LogP contribution in [-0.2, 0) is 10.0 Å². The molecule has 29 heavy (non-hydrogen) atoms. The number of rotatable bonds is 3. The number of hydrogen-bond donors (Lipinski definition) is 1. The lowest BCUT2D eigenvalue weighted by molar-refractivity contribution is -0.152. The van der Waals surface area contributed by atoms with Crippen molar-refractivity contribution in [2.24, 2.45) is 11.3 Å². The van der Waals surface area contributed by atoms with Crippen molar-refractivity contribution >= 4 is 10.0 Å². The minimum atomic E-state index is -3.14. The van der Waals surface area contributed by atoms with Crippen LogP contribution in [0, 0.1) is 11.3 Å². The van der Waals surface area contributed by atoms with E-state index in [4.69, 9.17) is 0 Å². The molecule has 1 spiro atoms. The van der Waals surface area contributed by atoms with Crippen molar-refractivity contribution in [2.45, 2.75) is 55.9 Å². The number of aliphatic hydroxyl groups excluding tert-OH is 1. The van der Waals surface area contributed by atoms with Gasteiger partial charge in [-0.1, -0.05) is 30.7 Å². The molecular formula is C22H27N3O3S. The molecule has 1 aromatic heterocycles. The molecule has 0 amide bonds. The smallest absolute Gasteiger partial charge is 0.216 e. The Balaban J connectivity index is 1.21. The van der Waals surface area contributed by atoms with Crippen molar-refractivity contribution in [3.63, 3.8) is 0 Å². The summed E-state index contributed by atoms with van der Waals surface area (Å²) in [5.41, 5.74) is 3.48. The van der Waals surface area contributed by atoms with Gasteiger partial charge in [0.15, 0.2) is 0 Å². The van der Waals surface area contributed by atoms with Gasteiger partial charge in [0, 0.05) is 24.6 Å². The molecule has 2 aliphatic heterocycles. The van der Waals surface area contributed by atoms with Gasteiger partial charge in [-0.3, -0.25) is 0 Å². The highest BCUT2D eigenvalue weighted by Crippen LogP contribution is 2.59. The first kappa shape index (κ1) is 18.1. The van der Waals surface area contributed by atoms with Gasteiger partial charge in [-0.15, -0.1) is 0 Å². The number of aromatic nitrogens is 2. The van der Waals surface area contributed by atoms with E-state index < -0.39 is 16.1 Å². The quantitative estimate of drug-likeness (QED) is 0.840. The number of fused-ring (bicyclic) bond motifs is 3. The zero-order chi connectivity index (χ0) is 19.8. The number of sulfonamides is 1. The lowest BCUT2D eigenvalue weighted by atomic mass is 9.53. The molecule has 0 radical (unpaired) electrons. The molecule has 2 aliphatic carbocycles. The van der Waals surface area contributed by atoms with E-state index in [0.717, 1.165) is 44.2 Å². The minimum absolute atomic E-state index is 0.126. The van der Waals surface area contributed by atoms with Gasteiger partial charge in [-0.25, -0.2) is 17.7 Å². The number of hydrogen-bond acceptors (Lipinski definition) is 4. The summed E-state index contributed by atoms with van der Waals surface area (Å²) in [7, 11) is -3.14. The summed E-state index contributed by atoms with van der Waals surface area (Å²) in [6, 6.07) is 8.54. The Kier molecular flexibility index (Phi) is 3.84. The summed E-state index contributed by atoms with van der Waals surface area (Å²) in [5.74, 6) is 0.154. The lowest BCUT2D eigenvalue weighted by Crippen LogP contribution is -2.60. The molecule has 1 N–H and O–H groups in total. The van der Waals surface area contributed by atoms with E-state index in [9.17, 15) is 13.5 Å². The maximum atomic E-state index is 12.7. The van der Waals surface area contributed by atoms with E-state index >= 15 is 0 Å². The van der Waals surface area contributed by atoms with Gasteiger partial charge >= 0.3 is 0 Å². The molecule has 2 aromatic rings. The van der Waals surface area contributed by atoms with Crippen molar-refractivity contribution < 1.29 is 13.5 Å². The first-order chi connectivity index (χ1) is 14.0. The molecule has 0 bridgehead atoms. The van der Waals surface area contributed by atoms with E-state index in [2.05, 4.69) is 33.8 Å². The van der Waals surface area contributed by atoms with Crippen LogP contribution in [0.1, 0.15) is 50.1 Å². The Labute approximate surface area is 171 Å². The zero-order valence-electron chi connectivity index (χ0n) is 16.4. The fraction of sp³-hybridized carbons (Fsp3) is 0.591. The number of benzene rings is 1. The van der Waals surface area contributed by atoms with Crippen LogP contribution < -0.4 is 0 Å². The van der Waals surface area contributed by atoms with Crippen molar-refractivity contribution in [3.8, 4) is 11.3 Å². The maximum Gasteiger partial charge on any atom is 0.216 e. The SMILES string of the molecule is O=S(=O)(C1CCC1)N1CCC2(CC1)C[C@@H]([C@H]1c3ccccc3-c3cncn31)[C@H]2O. The van der Waals surface area contributed by atoms with Crippen molar-refractivity contribution in [2.75, 3.05) is 13.1 Å². The third-order valence-electron chi connectivity index (χ3n) is 8.15. The predicted molar refractivity (Wildman–Crippen MR) is 110 cm³/mol. The second kappa shape index (κ2) is 6.15. The van der Waals surface area contributed by atoms with E-state index in [1.165, 1.54) is 11.1 Å². The van der Waals surface area contributed by atoms with Crippen LogP contribution in [-0.4, -0.2) is 51.8 Å². The highest BCUT2D eigenvalue weighted by molar-refractivity contribution is 7.89. The second-order valence-electron chi connectivity index (χ2n) is 9.39. The molecule has 6 nitrogen and oxygen atoms in total. The lowest BCUT2D eigenvalue weighted by Gasteiger charge is -2.58. The Morgan fingerprint density at radius 2 is 1.90 bits per heavy atom. The molecule has 4 aliphatic rings. The molecule has 7 heteroatoms. The average Bonchev–Trinajstić information content (AvgIpc) is 3.26. The largest absolute Gasteiger partial charge is 0.392 e. The maximum absolute atomic E-state index is 12.7. The monoisotopic (exact) mass is 413 g/mol. The predicted octanol–water partition coefficient (Wildman–Crippen LogP) is 2.80. The minimum Gasteiger partial charge on any atom is -0.392 e. The molecule has 3 atom stereocenters. The van der Waals surface area contributed by atoms with E-state index in [1.807, 2.05) is 12.5 Å². The summed E-state index contributed by atoms with van der Waals surface area (Å²) >= 11 is 0. The first-order valence-corrected chi connectivity index (χ1v) is 12.3. The number of imidazole rings is 1. The first-order valence-electron chi connectivity index (χ1n) is 10.8. The van der Waals surface area contributed by atoms with Gasteiger partial charge in [0.05, 0.1) is 35.6 Å². The molecular weight excluding hydrogens is 386 g/mol. The number of piperidine rings is 1. The third kappa shape index (κ3) is 2.41. The Morgan fingerprint density at radius 1 is 1.14 bits per heavy atom. The fourth-order valence-corrected chi connectivity index (χ4v) is 8.20. The molecule has 2 saturated carbocycles. The molecule has 1 aromatic carbocycles. The van der Waals surface area contributed by atoms with Gasteiger partial charge < -0.3 is 9.67 Å². The average molecular weight is 414 g/mol. The van der Waals surface area contributed by atoms with Crippen molar-refractivity contribution in [1.29, 1.82) is 0 Å². The summed E-state index contributed by atoms with van der Waals surface area (Å²) in [4.78, 5) is 4.34. The van der Waals surface area contributed by atoms with Crippen LogP contribution in [0.4, 0.5) is 0 Å². The zero-order valence-corrected chi connectivity index (χ0v) is 17.3. The Hall–Kier alpha value is -1.70. The number of aliphatic hydroxyl groups is 1. The molecule has 1 saturated heterocycles. The molecule has 0 unspecified atom stereocenters. The van der Waals surface area contributed by atoms with Crippen LogP contribution in [0.5, 0.6) is 0 Å². The third-order valence-corrected chi connectivity index (χ3v) is 10.6. The second-order valence-corrected chi connectivity index (χ2v) is 11.6. The van der Waals surface area contributed by atoms with Crippen molar-refractivity contribution in [3.05, 3.63) is 42.4 Å². The Morgan fingerprint density at radius 3 is 2.59 bits per heavy atom. The van der Waals surface area contributed by atoms with Gasteiger partial charge in [0.2, 0.25) is 10.0 Å². The van der Waals surface area contributed by atoms with Gasteiger partial charge in [0.25, 0.3) is 0 Å². The molecule has 3 heterocycles. The van der Waals surface area contributed by atoms with Crippen LogP contribution in [0.15, 0.2) is 36.8 Å². The van der Waals surface area contributed by atoms with Crippen LogP contribution in [0.3, 0.4) is 0 Å². The Bertz CT molecular complexity index is 1050. The summed E-state index contributed by atoms with van der Waals surface area (Å²) in [6.07, 6.45) is 8.51. The summed E-state index contributed by atoms with van der Waals surface area (Å²) in [5, 5.41) is 11.1. The van der Waals surface area contributed by atoms with Crippen molar-refractivity contribution in [1.82, 2.24) is 13.9 Å². The standard InChI is InChI=1S/C22H27N3O3S/c26-21-18(20-17-7-2-1-6-16(17)19-13-23-14-25(19)20)12-22(21)8-10-24(11-9-22)29(27,28)15-4-3-5-15/h1-2,6-7,13-15,18,20-21,26H,3-5,8-12H2/t18-,20+,21+/m0/s1. The topological polar surface area (TPSA) is 75.4 Å². The van der Waals surface area contributed by atoms with E-state index in [0.29, 0.717) is 13.1 Å². The molecule has 3 fully saturated rings. The normalized spacial score (nSPS) is 31.1. The summed E-state index contributed by atoms with van der Waals surface area (Å²) < 4.78 is 29.4. The van der Waals surface area contributed by atoms with E-state index in [1.54, 1.807) is 4.31 Å².